The lowest BCUT2D eigenvalue weighted by Crippen LogP contribution is -2.48. The molecule has 0 heterocycles. The average Bonchev–Trinajstić information content (AvgIpc) is 2.40. The molecule has 0 bridgehead atoms. The van der Waals surface area contributed by atoms with Gasteiger partial charge in [0.25, 0.3) is 0 Å². The molecular weight excluding hydrogens is 278 g/mol. The number of nitrogens with two attached hydrogens (primary N) is 1. The molecule has 0 atom stereocenters. The first-order valence-electron chi connectivity index (χ1n) is 6.78. The zero-order valence-electron chi connectivity index (χ0n) is 12.5. The molecule has 2 amide bonds. The van der Waals surface area contributed by atoms with Gasteiger partial charge >= 0.3 is 0 Å². The Hall–Kier alpha value is -1.21. The van der Waals surface area contributed by atoms with Gasteiger partial charge in [0.15, 0.2) is 0 Å². The fourth-order valence-corrected chi connectivity index (χ4v) is 2.25. The van der Waals surface area contributed by atoms with Crippen LogP contribution in [0.25, 0.3) is 0 Å². The van der Waals surface area contributed by atoms with E-state index in [0.29, 0.717) is 26.0 Å². The molecule has 0 radical (unpaired) electrons. The fourth-order valence-electron chi connectivity index (χ4n) is 1.87. The Kier molecular flexibility index (Phi) is 9.07. The van der Waals surface area contributed by atoms with Crippen LogP contribution in [0.5, 0.6) is 0 Å². The molecule has 0 aromatic rings. The summed E-state index contributed by atoms with van der Waals surface area (Å²) >= 11 is 5.00. The highest BCUT2D eigenvalue weighted by atomic mass is 32.1. The lowest BCUT2D eigenvalue weighted by Gasteiger charge is -2.28. The quantitative estimate of drug-likeness (QED) is 0.400. The first kappa shape index (κ1) is 18.8. The van der Waals surface area contributed by atoms with Gasteiger partial charge in [-0.05, 0) is 12.8 Å². The van der Waals surface area contributed by atoms with Crippen LogP contribution in [0.2, 0.25) is 0 Å². The van der Waals surface area contributed by atoms with E-state index in [1.807, 2.05) is 13.8 Å². The van der Waals surface area contributed by atoms with E-state index in [1.54, 1.807) is 7.11 Å². The van der Waals surface area contributed by atoms with Crippen molar-refractivity contribution in [3.05, 3.63) is 0 Å². The van der Waals surface area contributed by atoms with E-state index in [9.17, 15) is 9.59 Å². The second kappa shape index (κ2) is 9.66. The molecule has 0 aliphatic rings. The van der Waals surface area contributed by atoms with Crippen LogP contribution >= 0.6 is 12.2 Å². The minimum atomic E-state index is -0.818. The molecule has 4 N–H and O–H groups in total. The Bertz CT molecular complexity index is 344. The SMILES string of the molecule is CCC(CC)(C(=O)NCCC(=O)NCCOC)C(N)=S. The van der Waals surface area contributed by atoms with Gasteiger partial charge < -0.3 is 21.1 Å². The summed E-state index contributed by atoms with van der Waals surface area (Å²) in [4.78, 5) is 23.8. The summed E-state index contributed by atoms with van der Waals surface area (Å²) in [6.45, 7) is 4.94. The molecule has 0 saturated carbocycles. The van der Waals surface area contributed by atoms with Crippen LogP contribution in [-0.2, 0) is 14.3 Å². The van der Waals surface area contributed by atoms with Crippen molar-refractivity contribution in [2.75, 3.05) is 26.8 Å². The molecule has 0 aliphatic heterocycles. The molecule has 116 valence electrons. The average molecular weight is 303 g/mol. The molecule has 0 spiro atoms. The Morgan fingerprint density at radius 2 is 1.80 bits per heavy atom. The summed E-state index contributed by atoms with van der Waals surface area (Å²) in [5.41, 5.74) is 4.87. The number of hydrogen-bond donors (Lipinski definition) is 3. The number of nitrogens with one attached hydrogen (secondary N) is 2. The molecule has 0 aliphatic carbocycles. The second-order valence-corrected chi connectivity index (χ2v) is 4.94. The van der Waals surface area contributed by atoms with Crippen LogP contribution in [0, 0.1) is 5.41 Å². The van der Waals surface area contributed by atoms with Crippen LogP contribution in [-0.4, -0.2) is 43.6 Å². The van der Waals surface area contributed by atoms with Crippen molar-refractivity contribution in [3.63, 3.8) is 0 Å². The van der Waals surface area contributed by atoms with Gasteiger partial charge in [0, 0.05) is 26.6 Å². The van der Waals surface area contributed by atoms with E-state index >= 15 is 0 Å². The molecule has 7 heteroatoms. The maximum absolute atomic E-state index is 12.2. The number of carbonyl (C=O) groups is 2. The van der Waals surface area contributed by atoms with Gasteiger partial charge in [0.1, 0.15) is 0 Å². The summed E-state index contributed by atoms with van der Waals surface area (Å²) in [7, 11) is 1.57. The Labute approximate surface area is 125 Å². The molecule has 0 unspecified atom stereocenters. The highest BCUT2D eigenvalue weighted by molar-refractivity contribution is 7.80. The second-order valence-electron chi connectivity index (χ2n) is 4.50. The van der Waals surface area contributed by atoms with Gasteiger partial charge in [0.05, 0.1) is 17.0 Å². The molecular formula is C13H25N3O3S. The molecule has 6 nitrogen and oxygen atoms in total. The van der Waals surface area contributed by atoms with Crippen molar-refractivity contribution in [1.29, 1.82) is 0 Å². The molecule has 0 saturated heterocycles. The third kappa shape index (κ3) is 5.42. The maximum Gasteiger partial charge on any atom is 0.233 e. The maximum atomic E-state index is 12.2. The van der Waals surface area contributed by atoms with E-state index in [4.69, 9.17) is 22.7 Å². The van der Waals surface area contributed by atoms with E-state index < -0.39 is 5.41 Å². The number of ether oxygens (including phenoxy) is 1. The number of carbonyl (C=O) groups excluding carboxylic acids is 2. The first-order chi connectivity index (χ1) is 9.44. The summed E-state index contributed by atoms with van der Waals surface area (Å²) < 4.78 is 4.82. The largest absolute Gasteiger partial charge is 0.392 e. The minimum Gasteiger partial charge on any atom is -0.392 e. The van der Waals surface area contributed by atoms with E-state index in [2.05, 4.69) is 10.6 Å². The van der Waals surface area contributed by atoms with Gasteiger partial charge in [-0.3, -0.25) is 9.59 Å². The lowest BCUT2D eigenvalue weighted by molar-refractivity contribution is -0.128. The van der Waals surface area contributed by atoms with Crippen molar-refractivity contribution in [3.8, 4) is 0 Å². The Morgan fingerprint density at radius 1 is 1.20 bits per heavy atom. The van der Waals surface area contributed by atoms with Crippen LogP contribution in [0.1, 0.15) is 33.1 Å². The van der Waals surface area contributed by atoms with E-state index in [0.717, 1.165) is 0 Å². The predicted molar refractivity (Wildman–Crippen MR) is 82.3 cm³/mol. The van der Waals surface area contributed by atoms with Gasteiger partial charge in [-0.15, -0.1) is 0 Å². The number of methoxy groups -OCH3 is 1. The Morgan fingerprint density at radius 3 is 2.25 bits per heavy atom. The highest BCUT2D eigenvalue weighted by Gasteiger charge is 2.37. The summed E-state index contributed by atoms with van der Waals surface area (Å²) in [5.74, 6) is -0.337. The van der Waals surface area contributed by atoms with Gasteiger partial charge in [-0.2, -0.15) is 0 Å². The Balaban J connectivity index is 4.21. The zero-order valence-corrected chi connectivity index (χ0v) is 13.3. The van der Waals surface area contributed by atoms with Crippen LogP contribution in [0.15, 0.2) is 0 Å². The zero-order chi connectivity index (χ0) is 15.6. The molecule has 0 fully saturated rings. The summed E-state index contributed by atoms with van der Waals surface area (Å²) in [6, 6.07) is 0. The molecule has 0 aromatic heterocycles. The molecule has 20 heavy (non-hydrogen) atoms. The smallest absolute Gasteiger partial charge is 0.233 e. The van der Waals surface area contributed by atoms with E-state index in [1.165, 1.54) is 0 Å². The standard InChI is InChI=1S/C13H25N3O3S/c1-4-13(5-2,11(14)20)12(18)16-7-6-10(17)15-8-9-19-3/h4-9H2,1-3H3,(H2,14,20)(H,15,17)(H,16,18). The minimum absolute atomic E-state index is 0.128. The van der Waals surface area contributed by atoms with Gasteiger partial charge in [-0.25, -0.2) is 0 Å². The van der Waals surface area contributed by atoms with Crippen LogP contribution < -0.4 is 16.4 Å². The fraction of sp³-hybridized carbons (Fsp3) is 0.769. The van der Waals surface area contributed by atoms with Crippen LogP contribution in [0.4, 0.5) is 0 Å². The topological polar surface area (TPSA) is 93.5 Å². The monoisotopic (exact) mass is 303 g/mol. The summed E-state index contributed by atoms with van der Waals surface area (Å²) in [6.07, 6.45) is 1.31. The van der Waals surface area contributed by atoms with E-state index in [-0.39, 0.29) is 29.8 Å². The first-order valence-corrected chi connectivity index (χ1v) is 7.19. The third-order valence-electron chi connectivity index (χ3n) is 3.38. The van der Waals surface area contributed by atoms with Gasteiger partial charge in [0.2, 0.25) is 11.8 Å². The number of hydrogen-bond acceptors (Lipinski definition) is 4. The van der Waals surface area contributed by atoms with Crippen molar-refractivity contribution in [2.24, 2.45) is 11.1 Å². The van der Waals surface area contributed by atoms with Crippen molar-refractivity contribution in [1.82, 2.24) is 10.6 Å². The summed E-state index contributed by atoms with van der Waals surface area (Å²) in [5, 5.41) is 5.41. The number of rotatable bonds is 10. The van der Waals surface area contributed by atoms with Gasteiger partial charge in [-0.1, -0.05) is 26.1 Å². The number of thiocarbonyl (C=S) groups is 1. The van der Waals surface area contributed by atoms with Crippen molar-refractivity contribution < 1.29 is 14.3 Å². The highest BCUT2D eigenvalue weighted by Crippen LogP contribution is 2.27. The van der Waals surface area contributed by atoms with Crippen molar-refractivity contribution >= 4 is 29.0 Å². The third-order valence-corrected chi connectivity index (χ3v) is 3.77. The number of amides is 2. The normalized spacial score (nSPS) is 10.9. The van der Waals surface area contributed by atoms with Crippen molar-refractivity contribution in [2.45, 2.75) is 33.1 Å². The lowest BCUT2D eigenvalue weighted by atomic mass is 9.81. The predicted octanol–water partition coefficient (Wildman–Crippen LogP) is 0.348. The van der Waals surface area contributed by atoms with Crippen LogP contribution in [0.3, 0.4) is 0 Å². The molecule has 0 aromatic carbocycles. The molecule has 0 rings (SSSR count).